The Bertz CT molecular complexity index is 289. The zero-order valence-corrected chi connectivity index (χ0v) is 16.5. The van der Waals surface area contributed by atoms with E-state index in [1.807, 2.05) is 13.8 Å². The highest BCUT2D eigenvalue weighted by atomic mass is 16.7. The Hall–Kier alpha value is -0.900. The van der Waals surface area contributed by atoms with Gasteiger partial charge < -0.3 is 18.9 Å². The van der Waals surface area contributed by atoms with Gasteiger partial charge in [0.05, 0.1) is 19.8 Å². The second-order valence-corrected chi connectivity index (χ2v) is 5.97. The van der Waals surface area contributed by atoms with Crippen LogP contribution in [0, 0.1) is 0 Å². The maximum absolute atomic E-state index is 5.71. The van der Waals surface area contributed by atoms with E-state index in [1.165, 1.54) is 44.9 Å². The lowest BCUT2D eigenvalue weighted by Gasteiger charge is -2.16. The van der Waals surface area contributed by atoms with Crippen LogP contribution in [0.2, 0.25) is 0 Å². The topological polar surface area (TPSA) is 36.9 Å². The summed E-state index contributed by atoms with van der Waals surface area (Å²) < 4.78 is 22.6. The molecule has 0 aliphatic rings. The number of ether oxygens (including phenoxy) is 4. The van der Waals surface area contributed by atoms with Crippen LogP contribution in [0.5, 0.6) is 0 Å². The largest absolute Gasteiger partial charge is 0.491 e. The zero-order valence-electron chi connectivity index (χ0n) is 16.5. The molecule has 0 aromatic rings. The summed E-state index contributed by atoms with van der Waals surface area (Å²) in [4.78, 5) is 0. The first-order chi connectivity index (χ1) is 11.8. The number of unbranched alkanes of at least 4 members (excludes halogenated alkanes) is 7. The van der Waals surface area contributed by atoms with Gasteiger partial charge in [-0.25, -0.2) is 0 Å². The van der Waals surface area contributed by atoms with Crippen LogP contribution < -0.4 is 0 Å². The van der Waals surface area contributed by atoms with E-state index in [4.69, 9.17) is 18.9 Å². The monoisotopic (exact) mass is 344 g/mol. The Balaban J connectivity index is 4.07. The van der Waals surface area contributed by atoms with E-state index in [1.54, 1.807) is 0 Å². The van der Waals surface area contributed by atoms with Crippen LogP contribution in [-0.4, -0.2) is 26.6 Å². The molecule has 0 radical (unpaired) electrons. The second-order valence-electron chi connectivity index (χ2n) is 5.97. The first kappa shape index (κ1) is 23.1. The normalized spacial score (nSPS) is 12.0. The summed E-state index contributed by atoms with van der Waals surface area (Å²) in [6.07, 6.45) is 11.9. The Morgan fingerprint density at radius 2 is 1.25 bits per heavy atom. The third kappa shape index (κ3) is 13.5. The van der Waals surface area contributed by atoms with Crippen molar-refractivity contribution >= 4 is 0 Å². The molecule has 0 N–H and O–H groups in total. The average molecular weight is 345 g/mol. The Morgan fingerprint density at radius 3 is 1.92 bits per heavy atom. The zero-order chi connectivity index (χ0) is 17.9. The predicted molar refractivity (Wildman–Crippen MR) is 99.7 cm³/mol. The molecule has 0 aliphatic heterocycles. The first-order valence-corrected chi connectivity index (χ1v) is 9.99. The summed E-state index contributed by atoms with van der Waals surface area (Å²) in [6.45, 7) is 10.5. The molecule has 0 saturated heterocycles. The van der Waals surface area contributed by atoms with Gasteiger partial charge in [-0.3, -0.25) is 0 Å². The number of hydrogen-bond donors (Lipinski definition) is 0. The maximum atomic E-state index is 5.71. The lowest BCUT2D eigenvalue weighted by molar-refractivity contribution is -0.0823. The molecule has 0 bridgehead atoms. The number of hydrogen-bond acceptors (Lipinski definition) is 4. The van der Waals surface area contributed by atoms with Gasteiger partial charge in [-0.05, 0) is 26.7 Å². The molecule has 4 nitrogen and oxygen atoms in total. The summed E-state index contributed by atoms with van der Waals surface area (Å²) >= 11 is 0. The summed E-state index contributed by atoms with van der Waals surface area (Å²) in [5.74, 6) is 1.31. The molecule has 144 valence electrons. The minimum absolute atomic E-state index is 0.231. The third-order valence-corrected chi connectivity index (χ3v) is 3.74. The molecule has 0 fully saturated rings. The quantitative estimate of drug-likeness (QED) is 0.169. The Kier molecular flexibility index (Phi) is 17.7. The van der Waals surface area contributed by atoms with E-state index in [0.29, 0.717) is 19.2 Å². The summed E-state index contributed by atoms with van der Waals surface area (Å²) in [5.41, 5.74) is 0. The fraction of sp³-hybridized carbons (Fsp3) is 0.900. The van der Waals surface area contributed by atoms with Gasteiger partial charge in [-0.1, -0.05) is 58.8 Å². The van der Waals surface area contributed by atoms with Crippen molar-refractivity contribution in [1.82, 2.24) is 0 Å². The van der Waals surface area contributed by atoms with Crippen molar-refractivity contribution < 1.29 is 18.9 Å². The fourth-order valence-electron chi connectivity index (χ4n) is 2.42. The van der Waals surface area contributed by atoms with Crippen LogP contribution in [0.4, 0.5) is 0 Å². The number of allylic oxidation sites excluding steroid dienone is 1. The van der Waals surface area contributed by atoms with Gasteiger partial charge >= 0.3 is 5.95 Å². The van der Waals surface area contributed by atoms with Gasteiger partial charge in [0, 0.05) is 6.42 Å². The highest BCUT2D eigenvalue weighted by Crippen LogP contribution is 2.17. The molecular formula is C20H40O4. The van der Waals surface area contributed by atoms with Crippen LogP contribution >= 0.6 is 0 Å². The molecule has 0 unspecified atom stereocenters. The van der Waals surface area contributed by atoms with E-state index in [9.17, 15) is 0 Å². The van der Waals surface area contributed by atoms with Gasteiger partial charge in [0.1, 0.15) is 0 Å². The van der Waals surface area contributed by atoms with Crippen LogP contribution in [0.25, 0.3) is 0 Å². The Morgan fingerprint density at radius 1 is 0.625 bits per heavy atom. The SMILES string of the molecule is CCCCCCCCOCO/C(OCC)=C(/CCCCC)OCC. The highest BCUT2D eigenvalue weighted by Gasteiger charge is 2.11. The minimum atomic E-state index is 0.231. The van der Waals surface area contributed by atoms with E-state index in [2.05, 4.69) is 13.8 Å². The average Bonchev–Trinajstić information content (AvgIpc) is 2.59. The lowest BCUT2D eigenvalue weighted by atomic mass is 10.1. The predicted octanol–water partition coefficient (Wildman–Crippen LogP) is 6.16. The minimum Gasteiger partial charge on any atom is -0.491 e. The number of rotatable bonds is 18. The van der Waals surface area contributed by atoms with Crippen LogP contribution in [0.3, 0.4) is 0 Å². The van der Waals surface area contributed by atoms with Crippen molar-refractivity contribution in [3.8, 4) is 0 Å². The van der Waals surface area contributed by atoms with E-state index in [-0.39, 0.29) is 6.79 Å². The standard InChI is InChI=1S/C20H40O4/c1-5-9-11-12-13-15-17-21-18-24-20(23-8-4)19(22-7-3)16-14-10-6-2/h5-18H2,1-4H3/b20-19-. The van der Waals surface area contributed by atoms with Crippen molar-refractivity contribution in [2.45, 2.75) is 91.9 Å². The molecule has 0 saturated carbocycles. The van der Waals surface area contributed by atoms with Gasteiger partial charge in [-0.15, -0.1) is 0 Å². The second kappa shape index (κ2) is 18.4. The van der Waals surface area contributed by atoms with Crippen molar-refractivity contribution in [3.05, 3.63) is 11.7 Å². The van der Waals surface area contributed by atoms with Crippen molar-refractivity contribution in [2.24, 2.45) is 0 Å². The molecule has 0 aromatic carbocycles. The van der Waals surface area contributed by atoms with Crippen molar-refractivity contribution in [2.75, 3.05) is 26.6 Å². The van der Waals surface area contributed by atoms with Crippen LogP contribution in [0.15, 0.2) is 11.7 Å². The van der Waals surface area contributed by atoms with Gasteiger partial charge in [0.2, 0.25) is 0 Å². The molecular weight excluding hydrogens is 304 g/mol. The van der Waals surface area contributed by atoms with Crippen molar-refractivity contribution in [3.63, 3.8) is 0 Å². The van der Waals surface area contributed by atoms with E-state index in [0.717, 1.165) is 31.6 Å². The fourth-order valence-corrected chi connectivity index (χ4v) is 2.42. The molecule has 0 heterocycles. The molecule has 0 rings (SSSR count). The van der Waals surface area contributed by atoms with Gasteiger partial charge in [-0.2, -0.15) is 0 Å². The molecule has 0 amide bonds. The first-order valence-electron chi connectivity index (χ1n) is 9.99. The maximum Gasteiger partial charge on any atom is 0.321 e. The van der Waals surface area contributed by atoms with E-state index >= 15 is 0 Å². The Labute approximate surface area is 149 Å². The molecule has 4 heteroatoms. The molecule has 0 aromatic heterocycles. The van der Waals surface area contributed by atoms with Crippen LogP contribution in [0.1, 0.15) is 91.9 Å². The highest BCUT2D eigenvalue weighted by molar-refractivity contribution is 4.95. The molecule has 0 spiro atoms. The van der Waals surface area contributed by atoms with E-state index < -0.39 is 0 Å². The molecule has 0 aliphatic carbocycles. The summed E-state index contributed by atoms with van der Waals surface area (Å²) in [5, 5.41) is 0. The summed E-state index contributed by atoms with van der Waals surface area (Å²) in [6, 6.07) is 0. The molecule has 24 heavy (non-hydrogen) atoms. The summed E-state index contributed by atoms with van der Waals surface area (Å²) in [7, 11) is 0. The van der Waals surface area contributed by atoms with Gasteiger partial charge in [0.25, 0.3) is 0 Å². The lowest BCUT2D eigenvalue weighted by Crippen LogP contribution is -2.09. The van der Waals surface area contributed by atoms with Gasteiger partial charge in [0.15, 0.2) is 12.6 Å². The van der Waals surface area contributed by atoms with Crippen molar-refractivity contribution in [1.29, 1.82) is 0 Å². The smallest absolute Gasteiger partial charge is 0.321 e. The molecule has 0 atom stereocenters. The third-order valence-electron chi connectivity index (χ3n) is 3.74. The van der Waals surface area contributed by atoms with Crippen LogP contribution in [-0.2, 0) is 18.9 Å².